The Balaban J connectivity index is 2.40. The minimum atomic E-state index is -1.26. The van der Waals surface area contributed by atoms with Crippen LogP contribution >= 0.6 is 0 Å². The summed E-state index contributed by atoms with van der Waals surface area (Å²) in [5, 5.41) is 11.5. The van der Waals surface area contributed by atoms with Crippen LogP contribution in [0.15, 0.2) is 36.4 Å². The third kappa shape index (κ3) is 2.79. The van der Waals surface area contributed by atoms with Crippen molar-refractivity contribution in [3.8, 4) is 0 Å². The maximum absolute atomic E-state index is 13.7. The van der Waals surface area contributed by atoms with Gasteiger partial charge in [-0.25, -0.2) is 13.6 Å². The highest BCUT2D eigenvalue weighted by Gasteiger charge is 2.13. The maximum atomic E-state index is 13.7. The Hall–Kier alpha value is -2.63. The van der Waals surface area contributed by atoms with Crippen LogP contribution in [0.4, 0.5) is 25.8 Å². The van der Waals surface area contributed by atoms with E-state index in [-0.39, 0.29) is 16.9 Å². The van der Waals surface area contributed by atoms with Crippen LogP contribution in [0.2, 0.25) is 0 Å². The lowest BCUT2D eigenvalue weighted by molar-refractivity contribution is 0.0698. The number of carboxylic acids is 1. The molecule has 0 amide bonds. The number of hydrogen-bond acceptors (Lipinski definition) is 3. The van der Waals surface area contributed by atoms with Crippen molar-refractivity contribution in [1.82, 2.24) is 0 Å². The van der Waals surface area contributed by atoms with Crippen LogP contribution in [0.1, 0.15) is 10.4 Å². The quantitative estimate of drug-likeness (QED) is 0.745. The fourth-order valence-corrected chi connectivity index (χ4v) is 1.59. The van der Waals surface area contributed by atoms with Crippen molar-refractivity contribution < 1.29 is 18.7 Å². The fourth-order valence-electron chi connectivity index (χ4n) is 1.59. The number of carboxylic acid groups (broad SMARTS) is 1. The summed E-state index contributed by atoms with van der Waals surface area (Å²) in [6.45, 7) is 0. The SMILES string of the molecule is Nc1cc(F)c(Nc2cccc(F)c2)cc1C(=O)O. The van der Waals surface area contributed by atoms with Crippen LogP contribution in [0.25, 0.3) is 0 Å². The Labute approximate surface area is 107 Å². The van der Waals surface area contributed by atoms with Crippen LogP contribution < -0.4 is 11.1 Å². The first kappa shape index (κ1) is 12.8. The highest BCUT2D eigenvalue weighted by atomic mass is 19.1. The highest BCUT2D eigenvalue weighted by Crippen LogP contribution is 2.25. The molecule has 2 aromatic rings. The first-order valence-corrected chi connectivity index (χ1v) is 5.32. The molecule has 2 rings (SSSR count). The largest absolute Gasteiger partial charge is 0.478 e. The number of aromatic carboxylic acids is 1. The molecule has 0 saturated carbocycles. The summed E-state index contributed by atoms with van der Waals surface area (Å²) in [6, 6.07) is 7.36. The average molecular weight is 264 g/mol. The summed E-state index contributed by atoms with van der Waals surface area (Å²) in [4.78, 5) is 10.9. The Morgan fingerprint density at radius 1 is 1.21 bits per heavy atom. The first-order valence-electron chi connectivity index (χ1n) is 5.32. The van der Waals surface area contributed by atoms with Gasteiger partial charge in [-0.05, 0) is 30.3 Å². The van der Waals surface area contributed by atoms with Gasteiger partial charge in [0.15, 0.2) is 0 Å². The van der Waals surface area contributed by atoms with E-state index in [0.29, 0.717) is 5.69 Å². The number of nitrogens with one attached hydrogen (secondary N) is 1. The van der Waals surface area contributed by atoms with E-state index in [9.17, 15) is 13.6 Å². The maximum Gasteiger partial charge on any atom is 0.337 e. The molecule has 0 radical (unpaired) electrons. The van der Waals surface area contributed by atoms with Gasteiger partial charge in [-0.1, -0.05) is 6.07 Å². The zero-order valence-electron chi connectivity index (χ0n) is 9.65. The fraction of sp³-hybridized carbons (Fsp3) is 0. The second-order valence-corrected chi connectivity index (χ2v) is 3.86. The molecule has 0 aromatic heterocycles. The third-order valence-electron chi connectivity index (χ3n) is 2.47. The van der Waals surface area contributed by atoms with Crippen LogP contribution in [0, 0.1) is 11.6 Å². The van der Waals surface area contributed by atoms with E-state index < -0.39 is 17.6 Å². The monoisotopic (exact) mass is 264 g/mol. The first-order chi connectivity index (χ1) is 8.97. The molecule has 0 heterocycles. The van der Waals surface area contributed by atoms with Gasteiger partial charge < -0.3 is 16.2 Å². The number of benzene rings is 2. The minimum Gasteiger partial charge on any atom is -0.478 e. The van der Waals surface area contributed by atoms with Crippen molar-refractivity contribution >= 4 is 23.0 Å². The molecule has 0 fully saturated rings. The van der Waals surface area contributed by atoms with Gasteiger partial charge in [-0.2, -0.15) is 0 Å². The molecular weight excluding hydrogens is 254 g/mol. The van der Waals surface area contributed by atoms with Crippen molar-refractivity contribution in [2.45, 2.75) is 0 Å². The van der Waals surface area contributed by atoms with E-state index in [0.717, 1.165) is 18.2 Å². The lowest BCUT2D eigenvalue weighted by Crippen LogP contribution is -2.05. The van der Waals surface area contributed by atoms with Gasteiger partial charge in [0.25, 0.3) is 0 Å². The topological polar surface area (TPSA) is 75.3 Å². The Morgan fingerprint density at radius 3 is 2.58 bits per heavy atom. The molecule has 98 valence electrons. The van der Waals surface area contributed by atoms with Crippen molar-refractivity contribution in [1.29, 1.82) is 0 Å². The molecule has 6 heteroatoms. The summed E-state index contributed by atoms with van der Waals surface area (Å²) in [5.41, 5.74) is 5.23. The van der Waals surface area contributed by atoms with Gasteiger partial charge in [0, 0.05) is 11.4 Å². The van der Waals surface area contributed by atoms with Crippen LogP contribution in [-0.4, -0.2) is 11.1 Å². The van der Waals surface area contributed by atoms with E-state index in [2.05, 4.69) is 5.32 Å². The Kier molecular flexibility index (Phi) is 3.33. The van der Waals surface area contributed by atoms with E-state index in [1.807, 2.05) is 0 Å². The zero-order valence-corrected chi connectivity index (χ0v) is 9.65. The second kappa shape index (κ2) is 4.93. The van der Waals surface area contributed by atoms with Crippen LogP contribution in [0.5, 0.6) is 0 Å². The Bertz CT molecular complexity index is 645. The number of rotatable bonds is 3. The summed E-state index contributed by atoms with van der Waals surface area (Å²) in [5.74, 6) is -2.47. The molecule has 0 saturated heterocycles. The van der Waals surface area contributed by atoms with Gasteiger partial charge in [0.1, 0.15) is 11.6 Å². The standard InChI is InChI=1S/C13H10F2N2O2/c14-7-2-1-3-8(4-7)17-12-5-9(13(18)19)11(16)6-10(12)15/h1-6,17H,16H2,(H,18,19). The number of carbonyl (C=O) groups is 1. The molecule has 0 aliphatic carbocycles. The summed E-state index contributed by atoms with van der Waals surface area (Å²) in [7, 11) is 0. The van der Waals surface area contributed by atoms with Crippen LogP contribution in [0.3, 0.4) is 0 Å². The summed E-state index contributed by atoms with van der Waals surface area (Å²) >= 11 is 0. The molecule has 4 N–H and O–H groups in total. The number of nitrogens with two attached hydrogens (primary N) is 1. The predicted molar refractivity (Wildman–Crippen MR) is 67.5 cm³/mol. The van der Waals surface area contributed by atoms with Crippen LogP contribution in [-0.2, 0) is 0 Å². The van der Waals surface area contributed by atoms with Gasteiger partial charge in [-0.15, -0.1) is 0 Å². The normalized spacial score (nSPS) is 10.2. The molecular formula is C13H10F2N2O2. The average Bonchev–Trinajstić information content (AvgIpc) is 2.32. The second-order valence-electron chi connectivity index (χ2n) is 3.86. The summed E-state index contributed by atoms with van der Waals surface area (Å²) in [6.07, 6.45) is 0. The highest BCUT2D eigenvalue weighted by molar-refractivity contribution is 5.95. The van der Waals surface area contributed by atoms with Crippen molar-refractivity contribution in [2.75, 3.05) is 11.1 Å². The smallest absolute Gasteiger partial charge is 0.337 e. The molecule has 4 nitrogen and oxygen atoms in total. The van der Waals surface area contributed by atoms with Gasteiger partial charge in [0.05, 0.1) is 11.3 Å². The van der Waals surface area contributed by atoms with Gasteiger partial charge in [-0.3, -0.25) is 0 Å². The molecule has 0 atom stereocenters. The molecule has 2 aromatic carbocycles. The Morgan fingerprint density at radius 2 is 1.95 bits per heavy atom. The lowest BCUT2D eigenvalue weighted by Gasteiger charge is -2.10. The lowest BCUT2D eigenvalue weighted by atomic mass is 10.1. The molecule has 0 unspecified atom stereocenters. The van der Waals surface area contributed by atoms with Gasteiger partial charge >= 0.3 is 5.97 Å². The van der Waals surface area contributed by atoms with E-state index in [1.165, 1.54) is 18.2 Å². The number of hydrogen-bond donors (Lipinski definition) is 3. The molecule has 0 bridgehead atoms. The number of nitrogen functional groups attached to an aromatic ring is 1. The molecule has 0 aliphatic heterocycles. The van der Waals surface area contributed by atoms with E-state index in [1.54, 1.807) is 0 Å². The third-order valence-corrected chi connectivity index (χ3v) is 2.47. The van der Waals surface area contributed by atoms with Crippen molar-refractivity contribution in [3.05, 3.63) is 53.6 Å². The zero-order chi connectivity index (χ0) is 14.0. The molecule has 19 heavy (non-hydrogen) atoms. The number of anilines is 3. The summed E-state index contributed by atoms with van der Waals surface area (Å²) < 4.78 is 26.6. The van der Waals surface area contributed by atoms with E-state index in [4.69, 9.17) is 10.8 Å². The minimum absolute atomic E-state index is 0.0859. The molecule has 0 aliphatic rings. The van der Waals surface area contributed by atoms with Crippen molar-refractivity contribution in [2.24, 2.45) is 0 Å². The van der Waals surface area contributed by atoms with Gasteiger partial charge in [0.2, 0.25) is 0 Å². The van der Waals surface area contributed by atoms with E-state index >= 15 is 0 Å². The number of halogens is 2. The molecule has 0 spiro atoms. The predicted octanol–water partition coefficient (Wildman–Crippen LogP) is 2.99. The van der Waals surface area contributed by atoms with Crippen molar-refractivity contribution in [3.63, 3.8) is 0 Å².